The third kappa shape index (κ3) is 3.42. The minimum Gasteiger partial charge on any atom is -0.466 e. The molecular formula is C12H14O4S. The van der Waals surface area contributed by atoms with Crippen LogP contribution >= 0.6 is 0 Å². The van der Waals surface area contributed by atoms with Crippen molar-refractivity contribution in [2.75, 3.05) is 12.9 Å². The van der Waals surface area contributed by atoms with Gasteiger partial charge in [-0.3, -0.25) is 0 Å². The monoisotopic (exact) mass is 254 g/mol. The molecule has 0 aliphatic heterocycles. The summed E-state index contributed by atoms with van der Waals surface area (Å²) >= 11 is 0. The standard InChI is InChI=1S/C12H14O4S/c1-9-4-6-11(7-5-9)17(14,15)8-10(2)12(13)16-3/h4-7H,2,8H2,1,3H3. The van der Waals surface area contributed by atoms with E-state index in [9.17, 15) is 13.2 Å². The van der Waals surface area contributed by atoms with Crippen LogP contribution in [0.5, 0.6) is 0 Å². The van der Waals surface area contributed by atoms with Crippen LogP contribution < -0.4 is 0 Å². The molecule has 1 rings (SSSR count). The van der Waals surface area contributed by atoms with Gasteiger partial charge in [0.2, 0.25) is 0 Å². The minimum absolute atomic E-state index is 0.0759. The lowest BCUT2D eigenvalue weighted by molar-refractivity contribution is -0.135. The fourth-order valence-corrected chi connectivity index (χ4v) is 2.56. The fraction of sp³-hybridized carbons (Fsp3) is 0.250. The highest BCUT2D eigenvalue weighted by atomic mass is 32.2. The van der Waals surface area contributed by atoms with Crippen LogP contribution in [0.25, 0.3) is 0 Å². The molecule has 1 aromatic carbocycles. The summed E-state index contributed by atoms with van der Waals surface area (Å²) in [6.45, 7) is 5.26. The first kappa shape index (κ1) is 13.4. The van der Waals surface area contributed by atoms with Gasteiger partial charge < -0.3 is 4.74 Å². The van der Waals surface area contributed by atoms with Crippen LogP contribution in [0.1, 0.15) is 5.56 Å². The Morgan fingerprint density at radius 2 is 1.82 bits per heavy atom. The van der Waals surface area contributed by atoms with Crippen LogP contribution in [0, 0.1) is 6.92 Å². The SMILES string of the molecule is C=C(CS(=O)(=O)c1ccc(C)cc1)C(=O)OC. The second-order valence-electron chi connectivity index (χ2n) is 3.67. The van der Waals surface area contributed by atoms with Gasteiger partial charge in [-0.2, -0.15) is 0 Å². The molecule has 92 valence electrons. The van der Waals surface area contributed by atoms with Crippen molar-refractivity contribution in [3.63, 3.8) is 0 Å². The molecule has 4 nitrogen and oxygen atoms in total. The van der Waals surface area contributed by atoms with Crippen molar-refractivity contribution in [3.8, 4) is 0 Å². The van der Waals surface area contributed by atoms with E-state index in [4.69, 9.17) is 0 Å². The number of esters is 1. The van der Waals surface area contributed by atoms with Crippen LogP contribution in [0.4, 0.5) is 0 Å². The predicted molar refractivity (Wildman–Crippen MR) is 64.4 cm³/mol. The Kier molecular flexibility index (Phi) is 4.07. The number of benzene rings is 1. The molecule has 0 spiro atoms. The number of sulfone groups is 1. The average molecular weight is 254 g/mol. The predicted octanol–water partition coefficient (Wildman–Crippen LogP) is 1.50. The van der Waals surface area contributed by atoms with Gasteiger partial charge in [0, 0.05) is 5.57 Å². The molecule has 0 heterocycles. The van der Waals surface area contributed by atoms with Crippen molar-refractivity contribution in [1.29, 1.82) is 0 Å². The Balaban J connectivity index is 2.93. The molecule has 0 saturated heterocycles. The van der Waals surface area contributed by atoms with Crippen LogP contribution in [-0.4, -0.2) is 27.2 Å². The van der Waals surface area contributed by atoms with E-state index in [1.165, 1.54) is 19.2 Å². The summed E-state index contributed by atoms with van der Waals surface area (Å²) in [6.07, 6.45) is 0. The lowest BCUT2D eigenvalue weighted by Gasteiger charge is -2.06. The van der Waals surface area contributed by atoms with E-state index < -0.39 is 21.6 Å². The topological polar surface area (TPSA) is 60.4 Å². The molecule has 0 N–H and O–H groups in total. The molecule has 0 aliphatic carbocycles. The maximum Gasteiger partial charge on any atom is 0.334 e. The van der Waals surface area contributed by atoms with E-state index in [1.54, 1.807) is 12.1 Å². The highest BCUT2D eigenvalue weighted by molar-refractivity contribution is 7.91. The molecule has 0 saturated carbocycles. The number of hydrogen-bond donors (Lipinski definition) is 0. The van der Waals surface area contributed by atoms with Gasteiger partial charge in [-0.1, -0.05) is 24.3 Å². The number of hydrogen-bond acceptors (Lipinski definition) is 4. The normalized spacial score (nSPS) is 10.9. The van der Waals surface area contributed by atoms with Gasteiger partial charge in [0.15, 0.2) is 9.84 Å². The molecule has 5 heteroatoms. The third-order valence-corrected chi connectivity index (χ3v) is 3.94. The van der Waals surface area contributed by atoms with Crippen molar-refractivity contribution < 1.29 is 17.9 Å². The van der Waals surface area contributed by atoms with E-state index in [-0.39, 0.29) is 10.5 Å². The van der Waals surface area contributed by atoms with Gasteiger partial charge in [0.25, 0.3) is 0 Å². The molecule has 0 aliphatic rings. The first-order valence-corrected chi connectivity index (χ1v) is 6.57. The lowest BCUT2D eigenvalue weighted by Crippen LogP contribution is -2.15. The van der Waals surface area contributed by atoms with Gasteiger partial charge >= 0.3 is 5.97 Å². The molecule has 0 aromatic heterocycles. The van der Waals surface area contributed by atoms with Crippen molar-refractivity contribution in [2.24, 2.45) is 0 Å². The Labute approximate surface area is 101 Å². The molecule has 0 unspecified atom stereocenters. The molecular weight excluding hydrogens is 240 g/mol. The molecule has 0 amide bonds. The summed E-state index contributed by atoms with van der Waals surface area (Å²) in [6, 6.07) is 6.42. The number of methoxy groups -OCH3 is 1. The summed E-state index contributed by atoms with van der Waals surface area (Å²) in [5.74, 6) is -1.14. The van der Waals surface area contributed by atoms with E-state index in [0.717, 1.165) is 5.56 Å². The molecule has 0 atom stereocenters. The highest BCUT2D eigenvalue weighted by Crippen LogP contribution is 2.14. The van der Waals surface area contributed by atoms with Crippen molar-refractivity contribution in [1.82, 2.24) is 0 Å². The Morgan fingerprint density at radius 3 is 2.29 bits per heavy atom. The maximum absolute atomic E-state index is 11.9. The van der Waals surface area contributed by atoms with Crippen molar-refractivity contribution in [2.45, 2.75) is 11.8 Å². The van der Waals surface area contributed by atoms with Gasteiger partial charge in [-0.05, 0) is 19.1 Å². The van der Waals surface area contributed by atoms with Crippen molar-refractivity contribution >= 4 is 15.8 Å². The van der Waals surface area contributed by atoms with E-state index >= 15 is 0 Å². The zero-order valence-electron chi connectivity index (χ0n) is 9.76. The zero-order valence-corrected chi connectivity index (χ0v) is 10.6. The lowest BCUT2D eigenvalue weighted by atomic mass is 10.2. The summed E-state index contributed by atoms with van der Waals surface area (Å²) in [5, 5.41) is 0. The summed E-state index contributed by atoms with van der Waals surface area (Å²) in [4.78, 5) is 11.3. The molecule has 0 bridgehead atoms. The smallest absolute Gasteiger partial charge is 0.334 e. The first-order valence-electron chi connectivity index (χ1n) is 4.92. The Hall–Kier alpha value is -1.62. The number of carbonyl (C=O) groups is 1. The van der Waals surface area contributed by atoms with Gasteiger partial charge in [-0.15, -0.1) is 0 Å². The second-order valence-corrected chi connectivity index (χ2v) is 5.66. The van der Waals surface area contributed by atoms with Crippen molar-refractivity contribution in [3.05, 3.63) is 42.0 Å². The van der Waals surface area contributed by atoms with E-state index in [2.05, 4.69) is 11.3 Å². The largest absolute Gasteiger partial charge is 0.466 e. The van der Waals surface area contributed by atoms with E-state index in [1.807, 2.05) is 6.92 Å². The Bertz CT molecular complexity index is 526. The molecule has 0 fully saturated rings. The number of carbonyl (C=O) groups excluding carboxylic acids is 1. The summed E-state index contributed by atoms with van der Waals surface area (Å²) < 4.78 is 28.2. The summed E-state index contributed by atoms with van der Waals surface area (Å²) in [5.41, 5.74) is 0.892. The molecule has 0 radical (unpaired) electrons. The van der Waals surface area contributed by atoms with Crippen LogP contribution in [-0.2, 0) is 19.4 Å². The van der Waals surface area contributed by atoms with Gasteiger partial charge in [0.05, 0.1) is 17.8 Å². The Morgan fingerprint density at radius 1 is 1.29 bits per heavy atom. The number of aryl methyl sites for hydroxylation is 1. The van der Waals surface area contributed by atoms with Gasteiger partial charge in [0.1, 0.15) is 0 Å². The quantitative estimate of drug-likeness (QED) is 0.603. The van der Waals surface area contributed by atoms with Gasteiger partial charge in [-0.25, -0.2) is 13.2 Å². The van der Waals surface area contributed by atoms with Crippen LogP contribution in [0.2, 0.25) is 0 Å². The first-order chi connectivity index (χ1) is 7.86. The minimum atomic E-state index is -3.53. The fourth-order valence-electron chi connectivity index (χ4n) is 1.26. The number of rotatable bonds is 4. The molecule has 17 heavy (non-hydrogen) atoms. The third-order valence-electron chi connectivity index (χ3n) is 2.22. The van der Waals surface area contributed by atoms with Crippen LogP contribution in [0.3, 0.4) is 0 Å². The number of ether oxygens (including phenoxy) is 1. The van der Waals surface area contributed by atoms with Crippen LogP contribution in [0.15, 0.2) is 41.3 Å². The zero-order chi connectivity index (χ0) is 13.1. The second kappa shape index (κ2) is 5.14. The summed E-state index contributed by atoms with van der Waals surface area (Å²) in [7, 11) is -2.35. The van der Waals surface area contributed by atoms with E-state index in [0.29, 0.717) is 0 Å². The molecule has 1 aromatic rings. The maximum atomic E-state index is 11.9. The average Bonchev–Trinajstić information content (AvgIpc) is 2.27. The highest BCUT2D eigenvalue weighted by Gasteiger charge is 2.19.